The molecule has 1 aliphatic rings. The molecule has 1 aromatic heterocycles. The molecule has 25 heavy (non-hydrogen) atoms. The molecule has 0 saturated heterocycles. The number of aromatic nitrogens is 2. The van der Waals surface area contributed by atoms with Gasteiger partial charge in [-0.2, -0.15) is 0 Å². The first-order valence-electron chi connectivity index (χ1n) is 8.58. The van der Waals surface area contributed by atoms with Crippen LogP contribution in [-0.2, 0) is 11.3 Å². The minimum absolute atomic E-state index is 0.0730. The number of ether oxygens (including phenoxy) is 1. The highest BCUT2D eigenvalue weighted by molar-refractivity contribution is 5.78. The first-order chi connectivity index (χ1) is 12.0. The summed E-state index contributed by atoms with van der Waals surface area (Å²) in [6.07, 6.45) is 0. The fourth-order valence-corrected chi connectivity index (χ4v) is 2.72. The largest absolute Gasteiger partial charge is 0.492 e. The molecule has 2 aromatic rings. The molecule has 0 spiro atoms. The zero-order chi connectivity index (χ0) is 17.8. The Bertz CT molecular complexity index is 729. The minimum Gasteiger partial charge on any atom is -0.492 e. The Labute approximate surface area is 147 Å². The molecule has 0 radical (unpaired) electrons. The van der Waals surface area contributed by atoms with Crippen molar-refractivity contribution >= 4 is 5.91 Å². The van der Waals surface area contributed by atoms with Crippen molar-refractivity contribution in [2.45, 2.75) is 39.3 Å². The van der Waals surface area contributed by atoms with Crippen LogP contribution < -0.4 is 10.1 Å². The molecule has 7 nitrogen and oxygen atoms in total. The van der Waals surface area contributed by atoms with Gasteiger partial charge in [-0.3, -0.25) is 9.69 Å². The maximum absolute atomic E-state index is 12.4. The maximum Gasteiger partial charge on any atom is 0.238 e. The lowest BCUT2D eigenvalue weighted by molar-refractivity contribution is -0.123. The van der Waals surface area contributed by atoms with Gasteiger partial charge in [-0.05, 0) is 13.0 Å². The Balaban J connectivity index is 1.56. The van der Waals surface area contributed by atoms with E-state index in [0.717, 1.165) is 11.3 Å². The molecule has 0 unspecified atom stereocenters. The zero-order valence-electron chi connectivity index (χ0n) is 14.9. The lowest BCUT2D eigenvalue weighted by Gasteiger charge is -2.19. The van der Waals surface area contributed by atoms with E-state index in [1.54, 1.807) is 0 Å². The van der Waals surface area contributed by atoms with E-state index in [0.29, 0.717) is 38.0 Å². The highest BCUT2D eigenvalue weighted by Gasteiger charge is 2.21. The minimum atomic E-state index is -0.317. The summed E-state index contributed by atoms with van der Waals surface area (Å²) in [6.45, 7) is 8.08. The number of amides is 1. The zero-order valence-corrected chi connectivity index (χ0v) is 14.9. The van der Waals surface area contributed by atoms with E-state index in [4.69, 9.17) is 9.15 Å². The number of fused-ring (bicyclic) bond motifs is 1. The Morgan fingerprint density at radius 3 is 2.76 bits per heavy atom. The van der Waals surface area contributed by atoms with E-state index in [2.05, 4.69) is 20.4 Å². The monoisotopic (exact) mass is 344 g/mol. The number of hydrogen-bond donors (Lipinski definition) is 1. The first kappa shape index (κ1) is 17.4. The second-order valence-corrected chi connectivity index (χ2v) is 6.59. The predicted octanol–water partition coefficient (Wildman–Crippen LogP) is 2.26. The quantitative estimate of drug-likeness (QED) is 0.896. The fourth-order valence-electron chi connectivity index (χ4n) is 2.72. The molecule has 0 bridgehead atoms. The third kappa shape index (κ3) is 4.36. The Morgan fingerprint density at radius 1 is 1.24 bits per heavy atom. The van der Waals surface area contributed by atoms with Crippen molar-refractivity contribution in [2.75, 3.05) is 19.7 Å². The number of para-hydroxylation sites is 1. The molecule has 0 aliphatic carbocycles. The van der Waals surface area contributed by atoms with Gasteiger partial charge < -0.3 is 14.5 Å². The molecule has 1 aromatic carbocycles. The van der Waals surface area contributed by atoms with Crippen LogP contribution in [0.15, 0.2) is 28.7 Å². The summed E-state index contributed by atoms with van der Waals surface area (Å²) in [5.74, 6) is 2.00. The number of nitrogens with one attached hydrogen (secondary N) is 1. The van der Waals surface area contributed by atoms with Crippen LogP contribution in [0.2, 0.25) is 0 Å². The summed E-state index contributed by atoms with van der Waals surface area (Å²) in [6, 6.07) is 7.61. The van der Waals surface area contributed by atoms with Gasteiger partial charge in [0.15, 0.2) is 0 Å². The van der Waals surface area contributed by atoms with Gasteiger partial charge in [-0.1, -0.05) is 32.0 Å². The fraction of sp³-hybridized carbons (Fsp3) is 0.500. The maximum atomic E-state index is 12.4. The van der Waals surface area contributed by atoms with Crippen molar-refractivity contribution in [2.24, 2.45) is 0 Å². The Kier molecular flexibility index (Phi) is 5.33. The standard InChI is InChI=1S/C18H24N4O3/c1-12(2)17-20-21-18(25-17)13(3)19-16(23)11-22-8-9-24-15-7-5-4-6-14(15)10-22/h4-7,12-13H,8-11H2,1-3H3,(H,19,23)/t13-/m0/s1. The summed E-state index contributed by atoms with van der Waals surface area (Å²) in [7, 11) is 0. The third-order valence-electron chi connectivity index (χ3n) is 4.10. The highest BCUT2D eigenvalue weighted by atomic mass is 16.5. The molecule has 2 heterocycles. The van der Waals surface area contributed by atoms with Crippen LogP contribution in [0.4, 0.5) is 0 Å². The van der Waals surface area contributed by atoms with Crippen LogP contribution in [0.5, 0.6) is 5.75 Å². The topological polar surface area (TPSA) is 80.5 Å². The lowest BCUT2D eigenvalue weighted by Crippen LogP contribution is -2.39. The summed E-state index contributed by atoms with van der Waals surface area (Å²) < 4.78 is 11.3. The van der Waals surface area contributed by atoms with Crippen LogP contribution in [0, 0.1) is 0 Å². The van der Waals surface area contributed by atoms with E-state index in [1.165, 1.54) is 0 Å². The van der Waals surface area contributed by atoms with Crippen LogP contribution >= 0.6 is 0 Å². The van der Waals surface area contributed by atoms with Crippen molar-refractivity contribution < 1.29 is 13.9 Å². The van der Waals surface area contributed by atoms with Crippen molar-refractivity contribution in [3.63, 3.8) is 0 Å². The van der Waals surface area contributed by atoms with Crippen LogP contribution in [-0.4, -0.2) is 40.7 Å². The van der Waals surface area contributed by atoms with E-state index in [-0.39, 0.29) is 17.9 Å². The molecular weight excluding hydrogens is 320 g/mol. The number of carbonyl (C=O) groups is 1. The van der Waals surface area contributed by atoms with Crippen LogP contribution in [0.3, 0.4) is 0 Å². The summed E-state index contributed by atoms with van der Waals surface area (Å²) in [5.41, 5.74) is 1.10. The van der Waals surface area contributed by atoms with Gasteiger partial charge >= 0.3 is 0 Å². The molecule has 134 valence electrons. The average Bonchev–Trinajstić information content (AvgIpc) is 2.98. The highest BCUT2D eigenvalue weighted by Crippen LogP contribution is 2.22. The number of hydrogen-bond acceptors (Lipinski definition) is 6. The van der Waals surface area contributed by atoms with Crippen molar-refractivity contribution in [1.82, 2.24) is 20.4 Å². The van der Waals surface area contributed by atoms with E-state index in [1.807, 2.05) is 45.0 Å². The van der Waals surface area contributed by atoms with Crippen LogP contribution in [0.1, 0.15) is 50.1 Å². The molecule has 7 heteroatoms. The van der Waals surface area contributed by atoms with Crippen molar-refractivity contribution in [3.05, 3.63) is 41.6 Å². The van der Waals surface area contributed by atoms with Gasteiger partial charge in [-0.15, -0.1) is 10.2 Å². The second-order valence-electron chi connectivity index (χ2n) is 6.59. The Hall–Kier alpha value is -2.41. The molecule has 0 fully saturated rings. The van der Waals surface area contributed by atoms with Gasteiger partial charge in [0.25, 0.3) is 0 Å². The van der Waals surface area contributed by atoms with E-state index >= 15 is 0 Å². The van der Waals surface area contributed by atoms with Crippen molar-refractivity contribution in [1.29, 1.82) is 0 Å². The SMILES string of the molecule is CC(C)c1nnc([C@H](C)NC(=O)CN2CCOc3ccccc3C2)o1. The Morgan fingerprint density at radius 2 is 2.00 bits per heavy atom. The van der Waals surface area contributed by atoms with Crippen LogP contribution in [0.25, 0.3) is 0 Å². The number of nitrogens with zero attached hydrogens (tertiary/aromatic N) is 3. The number of benzene rings is 1. The molecule has 3 rings (SSSR count). The number of carbonyl (C=O) groups excluding carboxylic acids is 1. The average molecular weight is 344 g/mol. The predicted molar refractivity (Wildman–Crippen MR) is 92.2 cm³/mol. The summed E-state index contributed by atoms with van der Waals surface area (Å²) in [4.78, 5) is 14.4. The molecular formula is C18H24N4O3. The second kappa shape index (κ2) is 7.65. The molecule has 1 aliphatic heterocycles. The molecule has 0 saturated carbocycles. The summed E-state index contributed by atoms with van der Waals surface area (Å²) >= 11 is 0. The summed E-state index contributed by atoms with van der Waals surface area (Å²) in [5, 5.41) is 10.9. The van der Waals surface area contributed by atoms with Gasteiger partial charge in [-0.25, -0.2) is 0 Å². The first-order valence-corrected chi connectivity index (χ1v) is 8.58. The van der Waals surface area contributed by atoms with Gasteiger partial charge in [0.2, 0.25) is 17.7 Å². The molecule has 1 N–H and O–H groups in total. The van der Waals surface area contributed by atoms with E-state index in [9.17, 15) is 4.79 Å². The smallest absolute Gasteiger partial charge is 0.238 e. The lowest BCUT2D eigenvalue weighted by atomic mass is 10.2. The van der Waals surface area contributed by atoms with Gasteiger partial charge in [0.1, 0.15) is 18.4 Å². The van der Waals surface area contributed by atoms with Gasteiger partial charge in [0.05, 0.1) is 6.54 Å². The molecule has 1 amide bonds. The molecule has 1 atom stereocenters. The van der Waals surface area contributed by atoms with Gasteiger partial charge in [0, 0.05) is 24.6 Å². The third-order valence-corrected chi connectivity index (χ3v) is 4.10. The van der Waals surface area contributed by atoms with Crippen molar-refractivity contribution in [3.8, 4) is 5.75 Å². The van der Waals surface area contributed by atoms with E-state index < -0.39 is 0 Å². The normalized spacial score (nSPS) is 16.0. The number of rotatable bonds is 5.